The average molecular weight is 510 g/mol. The number of thioether (sulfide) groups is 1. The Balaban J connectivity index is 1.33. The van der Waals surface area contributed by atoms with Gasteiger partial charge in [-0.05, 0) is 41.1 Å². The first kappa shape index (κ1) is 24.1. The lowest BCUT2D eigenvalue weighted by Crippen LogP contribution is -2.20. The summed E-state index contributed by atoms with van der Waals surface area (Å²) in [6, 6.07) is 28.4. The zero-order chi connectivity index (χ0) is 25.6. The van der Waals surface area contributed by atoms with E-state index in [9.17, 15) is 9.90 Å². The normalized spacial score (nSPS) is 11.2. The number of phenols is 1. The second-order valence-electron chi connectivity index (χ2n) is 8.01. The molecule has 0 saturated heterocycles. The summed E-state index contributed by atoms with van der Waals surface area (Å²) >= 11 is 1.25. The Kier molecular flexibility index (Phi) is 7.14. The third kappa shape index (κ3) is 5.31. The van der Waals surface area contributed by atoms with Crippen LogP contribution < -0.4 is 10.2 Å². The summed E-state index contributed by atoms with van der Waals surface area (Å²) in [6.45, 7) is 0. The highest BCUT2D eigenvalue weighted by Gasteiger charge is 2.17. The number of ether oxygens (including phenoxy) is 1. The second kappa shape index (κ2) is 11.0. The number of phenolic OH excluding ortho intramolecular Hbond substituents is 1. The maximum Gasteiger partial charge on any atom is 0.250 e. The van der Waals surface area contributed by atoms with E-state index in [0.29, 0.717) is 16.5 Å². The number of aromatic nitrogens is 3. The standard InChI is InChI=1S/C28H23N5O3S/c1-36-22-14-12-21(13-15-22)33-27(20-8-3-2-4-9-20)31-32-28(33)37-18-26(35)30-29-17-24-23-10-6-5-7-19(23)11-16-25(24)34/h2-17,34H,18H2,1H3,(H,30,35)/b29-17+. The Labute approximate surface area is 217 Å². The number of amides is 1. The van der Waals surface area contributed by atoms with Crippen molar-refractivity contribution in [3.8, 4) is 28.6 Å². The fourth-order valence-corrected chi connectivity index (χ4v) is 4.60. The first-order valence-electron chi connectivity index (χ1n) is 11.4. The predicted molar refractivity (Wildman–Crippen MR) is 145 cm³/mol. The van der Waals surface area contributed by atoms with Gasteiger partial charge in [-0.25, -0.2) is 5.43 Å². The Bertz CT molecular complexity index is 1570. The summed E-state index contributed by atoms with van der Waals surface area (Å²) in [6.07, 6.45) is 1.45. The van der Waals surface area contributed by atoms with Gasteiger partial charge in [0.15, 0.2) is 11.0 Å². The molecule has 8 nitrogen and oxygen atoms in total. The first-order chi connectivity index (χ1) is 18.1. The quantitative estimate of drug-likeness (QED) is 0.173. The number of hydrogen-bond donors (Lipinski definition) is 2. The fourth-order valence-electron chi connectivity index (χ4n) is 3.85. The lowest BCUT2D eigenvalue weighted by Gasteiger charge is -2.11. The molecule has 0 spiro atoms. The van der Waals surface area contributed by atoms with Crippen molar-refractivity contribution in [3.63, 3.8) is 0 Å². The van der Waals surface area contributed by atoms with Crippen molar-refractivity contribution in [3.05, 3.63) is 96.6 Å². The van der Waals surface area contributed by atoms with Gasteiger partial charge in [0.25, 0.3) is 5.91 Å². The van der Waals surface area contributed by atoms with E-state index in [1.807, 2.05) is 89.5 Å². The van der Waals surface area contributed by atoms with Crippen molar-refractivity contribution in [2.45, 2.75) is 5.16 Å². The van der Waals surface area contributed by atoms with E-state index in [-0.39, 0.29) is 17.4 Å². The van der Waals surface area contributed by atoms with Gasteiger partial charge in [-0.1, -0.05) is 72.4 Å². The lowest BCUT2D eigenvalue weighted by atomic mass is 10.0. The third-order valence-corrected chi connectivity index (χ3v) is 6.59. The van der Waals surface area contributed by atoms with Gasteiger partial charge in [0.2, 0.25) is 0 Å². The van der Waals surface area contributed by atoms with E-state index < -0.39 is 0 Å². The SMILES string of the molecule is COc1ccc(-n2c(SCC(=O)N/N=C/c3c(O)ccc4ccccc34)nnc2-c2ccccc2)cc1. The Morgan fingerprint density at radius 1 is 1.00 bits per heavy atom. The molecule has 0 aliphatic heterocycles. The summed E-state index contributed by atoms with van der Waals surface area (Å²) in [5.41, 5.74) is 4.82. The van der Waals surface area contributed by atoms with Gasteiger partial charge < -0.3 is 9.84 Å². The molecule has 5 aromatic rings. The summed E-state index contributed by atoms with van der Waals surface area (Å²) in [4.78, 5) is 12.6. The number of benzene rings is 4. The molecule has 184 valence electrons. The number of carbonyl (C=O) groups is 1. The highest BCUT2D eigenvalue weighted by atomic mass is 32.2. The molecule has 0 aliphatic carbocycles. The van der Waals surface area contributed by atoms with Crippen LogP contribution >= 0.6 is 11.8 Å². The molecular formula is C28H23N5O3S. The first-order valence-corrected chi connectivity index (χ1v) is 12.4. The van der Waals surface area contributed by atoms with Gasteiger partial charge in [-0.2, -0.15) is 5.10 Å². The Morgan fingerprint density at radius 2 is 1.76 bits per heavy atom. The van der Waals surface area contributed by atoms with Crippen LogP contribution in [0.25, 0.3) is 27.8 Å². The van der Waals surface area contributed by atoms with Gasteiger partial charge in [0.1, 0.15) is 11.5 Å². The van der Waals surface area contributed by atoms with E-state index in [2.05, 4.69) is 20.7 Å². The van der Waals surface area contributed by atoms with Crippen LogP contribution in [0.1, 0.15) is 5.56 Å². The fraction of sp³-hybridized carbons (Fsp3) is 0.0714. The molecule has 0 unspecified atom stereocenters. The Hall–Kier alpha value is -4.63. The van der Waals surface area contributed by atoms with Crippen molar-refractivity contribution in [2.24, 2.45) is 5.10 Å². The highest BCUT2D eigenvalue weighted by Crippen LogP contribution is 2.29. The molecular weight excluding hydrogens is 486 g/mol. The van der Waals surface area contributed by atoms with E-state index in [4.69, 9.17) is 4.74 Å². The molecule has 9 heteroatoms. The van der Waals surface area contributed by atoms with Crippen molar-refractivity contribution in [1.82, 2.24) is 20.2 Å². The number of hydrazone groups is 1. The number of methoxy groups -OCH3 is 1. The van der Waals surface area contributed by atoms with Crippen molar-refractivity contribution >= 4 is 34.7 Å². The van der Waals surface area contributed by atoms with E-state index in [0.717, 1.165) is 27.8 Å². The molecule has 0 atom stereocenters. The molecule has 0 saturated carbocycles. The van der Waals surface area contributed by atoms with Gasteiger partial charge in [-0.3, -0.25) is 9.36 Å². The minimum Gasteiger partial charge on any atom is -0.507 e. The summed E-state index contributed by atoms with van der Waals surface area (Å²) in [5, 5.41) is 25.4. The van der Waals surface area contributed by atoms with Crippen LogP contribution in [0, 0.1) is 0 Å². The molecule has 0 fully saturated rings. The van der Waals surface area contributed by atoms with E-state index >= 15 is 0 Å². The van der Waals surface area contributed by atoms with Gasteiger partial charge in [-0.15, -0.1) is 10.2 Å². The highest BCUT2D eigenvalue weighted by molar-refractivity contribution is 7.99. The van der Waals surface area contributed by atoms with Crippen molar-refractivity contribution < 1.29 is 14.6 Å². The van der Waals surface area contributed by atoms with E-state index in [1.54, 1.807) is 13.2 Å². The third-order valence-electron chi connectivity index (χ3n) is 5.66. The molecule has 0 bridgehead atoms. The molecule has 1 aromatic heterocycles. The number of hydrogen-bond acceptors (Lipinski definition) is 7. The van der Waals surface area contributed by atoms with Crippen LogP contribution in [0.4, 0.5) is 0 Å². The number of nitrogens with zero attached hydrogens (tertiary/aromatic N) is 4. The lowest BCUT2D eigenvalue weighted by molar-refractivity contribution is -0.118. The molecule has 4 aromatic carbocycles. The molecule has 2 N–H and O–H groups in total. The van der Waals surface area contributed by atoms with Crippen LogP contribution in [0.5, 0.6) is 11.5 Å². The number of rotatable bonds is 8. The van der Waals surface area contributed by atoms with Gasteiger partial charge in [0.05, 0.1) is 19.1 Å². The topological polar surface area (TPSA) is 102 Å². The molecule has 0 aliphatic rings. The Morgan fingerprint density at radius 3 is 2.54 bits per heavy atom. The van der Waals surface area contributed by atoms with Crippen LogP contribution in [-0.2, 0) is 4.79 Å². The minimum absolute atomic E-state index is 0.0714. The molecule has 1 heterocycles. The van der Waals surface area contributed by atoms with E-state index in [1.165, 1.54) is 18.0 Å². The maximum atomic E-state index is 12.6. The number of aromatic hydroxyl groups is 1. The summed E-state index contributed by atoms with van der Waals surface area (Å²) in [5.74, 6) is 1.25. The number of carbonyl (C=O) groups excluding carboxylic acids is 1. The second-order valence-corrected chi connectivity index (χ2v) is 8.95. The molecule has 1 amide bonds. The maximum absolute atomic E-state index is 12.6. The van der Waals surface area contributed by atoms with Crippen LogP contribution in [0.2, 0.25) is 0 Å². The number of nitrogens with one attached hydrogen (secondary N) is 1. The van der Waals surface area contributed by atoms with Gasteiger partial charge >= 0.3 is 0 Å². The summed E-state index contributed by atoms with van der Waals surface area (Å²) < 4.78 is 7.19. The minimum atomic E-state index is -0.313. The van der Waals surface area contributed by atoms with Crippen molar-refractivity contribution in [1.29, 1.82) is 0 Å². The van der Waals surface area contributed by atoms with Crippen molar-refractivity contribution in [2.75, 3.05) is 12.9 Å². The zero-order valence-electron chi connectivity index (χ0n) is 19.9. The van der Waals surface area contributed by atoms with Crippen LogP contribution in [-0.4, -0.2) is 44.9 Å². The average Bonchev–Trinajstić information content (AvgIpc) is 3.37. The van der Waals surface area contributed by atoms with Gasteiger partial charge in [0, 0.05) is 16.8 Å². The zero-order valence-corrected chi connectivity index (χ0v) is 20.7. The predicted octanol–water partition coefficient (Wildman–Crippen LogP) is 5.04. The molecule has 37 heavy (non-hydrogen) atoms. The molecule has 0 radical (unpaired) electrons. The van der Waals surface area contributed by atoms with Crippen LogP contribution in [0.3, 0.4) is 0 Å². The number of fused-ring (bicyclic) bond motifs is 1. The smallest absolute Gasteiger partial charge is 0.250 e. The monoisotopic (exact) mass is 509 g/mol. The van der Waals surface area contributed by atoms with Crippen LogP contribution in [0.15, 0.2) is 101 Å². The largest absolute Gasteiger partial charge is 0.507 e. The molecule has 5 rings (SSSR count). The summed E-state index contributed by atoms with van der Waals surface area (Å²) in [7, 11) is 1.62.